The molecule has 0 fully saturated rings. The minimum absolute atomic E-state index is 0.228. The zero-order valence-electron chi connectivity index (χ0n) is 12.5. The number of imidazole rings is 1. The summed E-state index contributed by atoms with van der Waals surface area (Å²) in [6.45, 7) is 2.56. The number of esters is 1. The molecule has 22 heavy (non-hydrogen) atoms. The van der Waals surface area contributed by atoms with E-state index in [-0.39, 0.29) is 11.1 Å². The van der Waals surface area contributed by atoms with E-state index in [4.69, 9.17) is 16.3 Å². The van der Waals surface area contributed by atoms with Crippen molar-refractivity contribution in [1.82, 2.24) is 9.55 Å². The Morgan fingerprint density at radius 1 is 1.50 bits per heavy atom. The average Bonchev–Trinajstić information content (AvgIpc) is 3.09. The van der Waals surface area contributed by atoms with Crippen LogP contribution < -0.4 is 0 Å². The Hall–Kier alpha value is -1.66. The fraction of sp³-hybridized carbons (Fsp3) is 0.400. The Balaban J connectivity index is 2.29. The normalized spacial score (nSPS) is 10.7. The second-order valence-corrected chi connectivity index (χ2v) is 6.30. The highest BCUT2D eigenvalue weighted by Gasteiger charge is 2.17. The molecule has 0 aromatic carbocycles. The first-order valence-corrected chi connectivity index (χ1v) is 8.17. The third kappa shape index (κ3) is 3.56. The van der Waals surface area contributed by atoms with Gasteiger partial charge in [0, 0.05) is 11.3 Å². The third-order valence-electron chi connectivity index (χ3n) is 3.27. The molecule has 5 nitrogen and oxygen atoms in total. The Bertz CT molecular complexity index is 678. The van der Waals surface area contributed by atoms with Gasteiger partial charge in [0.25, 0.3) is 0 Å². The van der Waals surface area contributed by atoms with E-state index in [1.165, 1.54) is 18.4 Å². The first-order chi connectivity index (χ1) is 10.6. The lowest BCUT2D eigenvalue weighted by Crippen LogP contribution is -2.07. The first kappa shape index (κ1) is 16.7. The summed E-state index contributed by atoms with van der Waals surface area (Å²) in [6.07, 6.45) is 3.49. The Morgan fingerprint density at radius 3 is 2.91 bits per heavy atom. The maximum atomic E-state index is 11.5. The van der Waals surface area contributed by atoms with Crippen LogP contribution in [0.1, 0.15) is 50.6 Å². The lowest BCUT2D eigenvalue weighted by molar-refractivity contribution is 0.0606. The molecule has 0 saturated heterocycles. The zero-order chi connectivity index (χ0) is 16.1. The number of carbonyl (C=O) groups is 2. The van der Waals surface area contributed by atoms with E-state index in [0.717, 1.165) is 36.3 Å². The number of aldehydes is 1. The number of methoxy groups -OCH3 is 1. The number of halogens is 1. The van der Waals surface area contributed by atoms with Crippen LogP contribution in [0.2, 0.25) is 5.15 Å². The zero-order valence-corrected chi connectivity index (χ0v) is 14.0. The Labute approximate surface area is 137 Å². The van der Waals surface area contributed by atoms with Crippen LogP contribution in [0.15, 0.2) is 12.1 Å². The maximum absolute atomic E-state index is 11.5. The lowest BCUT2D eigenvalue weighted by Gasteiger charge is -2.07. The van der Waals surface area contributed by atoms with Gasteiger partial charge in [0.15, 0.2) is 11.4 Å². The molecule has 0 aliphatic carbocycles. The van der Waals surface area contributed by atoms with E-state index >= 15 is 0 Å². The summed E-state index contributed by atoms with van der Waals surface area (Å²) < 4.78 is 6.52. The highest BCUT2D eigenvalue weighted by molar-refractivity contribution is 7.13. The number of ether oxygens (including phenoxy) is 1. The van der Waals surface area contributed by atoms with Crippen LogP contribution in [0, 0.1) is 0 Å². The van der Waals surface area contributed by atoms with Gasteiger partial charge in [-0.3, -0.25) is 4.79 Å². The van der Waals surface area contributed by atoms with Crippen LogP contribution in [0.5, 0.6) is 0 Å². The van der Waals surface area contributed by atoms with Crippen molar-refractivity contribution in [3.8, 4) is 0 Å². The van der Waals surface area contributed by atoms with Crippen LogP contribution >= 0.6 is 22.9 Å². The van der Waals surface area contributed by atoms with Crippen LogP contribution in [0.4, 0.5) is 0 Å². The van der Waals surface area contributed by atoms with E-state index in [1.54, 1.807) is 6.07 Å². The van der Waals surface area contributed by atoms with Gasteiger partial charge < -0.3 is 9.30 Å². The van der Waals surface area contributed by atoms with E-state index < -0.39 is 0 Å². The molecule has 7 heteroatoms. The van der Waals surface area contributed by atoms with E-state index in [0.29, 0.717) is 17.1 Å². The summed E-state index contributed by atoms with van der Waals surface area (Å²) in [6, 6.07) is 3.57. The third-order valence-corrected chi connectivity index (χ3v) is 4.60. The second-order valence-electron chi connectivity index (χ2n) is 4.77. The summed E-state index contributed by atoms with van der Waals surface area (Å²) in [4.78, 5) is 28.5. The molecule has 2 heterocycles. The average molecular weight is 341 g/mol. The van der Waals surface area contributed by atoms with Gasteiger partial charge in [-0.1, -0.05) is 24.9 Å². The molecule has 0 N–H and O–H groups in total. The number of nitrogens with zero attached hydrogens (tertiary/aromatic N) is 2. The lowest BCUT2D eigenvalue weighted by atomic mass is 10.2. The fourth-order valence-electron chi connectivity index (χ4n) is 2.12. The summed E-state index contributed by atoms with van der Waals surface area (Å²) in [5, 5.41) is 0.228. The molecular weight excluding hydrogens is 324 g/mol. The molecule has 2 rings (SSSR count). The largest absolute Gasteiger partial charge is 0.465 e. The number of unbranched alkanes of at least 4 members (excludes halogenated alkanes) is 1. The summed E-state index contributed by atoms with van der Waals surface area (Å²) in [5.74, 6) is 0.434. The quantitative estimate of drug-likeness (QED) is 0.571. The standard InChI is InChI=1S/C15H17ClN2O3S/c1-3-4-5-13-17-14(16)11(9-19)18(13)8-10-6-7-12(22-10)15(20)21-2/h6-7,9H,3-5,8H2,1-2H3. The van der Waals surface area contributed by atoms with Crippen LogP contribution in [0.25, 0.3) is 0 Å². The number of carbonyl (C=O) groups excluding carboxylic acids is 2. The van der Waals surface area contributed by atoms with Crippen LogP contribution in [0.3, 0.4) is 0 Å². The van der Waals surface area contributed by atoms with E-state index in [2.05, 4.69) is 11.9 Å². The van der Waals surface area contributed by atoms with Crippen molar-refractivity contribution in [2.75, 3.05) is 7.11 Å². The van der Waals surface area contributed by atoms with Gasteiger partial charge >= 0.3 is 5.97 Å². The minimum atomic E-state index is -0.360. The summed E-state index contributed by atoms with van der Waals surface area (Å²) >= 11 is 7.38. The van der Waals surface area contributed by atoms with Crippen molar-refractivity contribution in [3.05, 3.63) is 38.6 Å². The SMILES string of the molecule is CCCCc1nc(Cl)c(C=O)n1Cc1ccc(C(=O)OC)s1. The molecule has 0 amide bonds. The molecular formula is C15H17ClN2O3S. The van der Waals surface area contributed by atoms with E-state index in [1.807, 2.05) is 10.6 Å². The molecule has 0 spiro atoms. The number of rotatable bonds is 7. The van der Waals surface area contributed by atoms with Gasteiger partial charge in [0.05, 0.1) is 13.7 Å². The maximum Gasteiger partial charge on any atom is 0.348 e. The predicted molar refractivity (Wildman–Crippen MR) is 86.0 cm³/mol. The first-order valence-electron chi connectivity index (χ1n) is 6.97. The topological polar surface area (TPSA) is 61.2 Å². The van der Waals surface area contributed by atoms with Crippen molar-refractivity contribution >= 4 is 35.2 Å². The number of aryl methyl sites for hydroxylation is 1. The predicted octanol–water partition coefficient (Wildman–Crippen LogP) is 3.59. The van der Waals surface area contributed by atoms with Crippen molar-refractivity contribution in [3.63, 3.8) is 0 Å². The second kappa shape index (κ2) is 7.56. The number of hydrogen-bond acceptors (Lipinski definition) is 5. The van der Waals surface area contributed by atoms with Gasteiger partial charge in [0.1, 0.15) is 16.4 Å². The molecule has 0 saturated carbocycles. The fourth-order valence-corrected chi connectivity index (χ4v) is 3.28. The molecule has 2 aromatic rings. The molecule has 0 aliphatic heterocycles. The number of hydrogen-bond donors (Lipinski definition) is 0. The molecule has 118 valence electrons. The van der Waals surface area contributed by atoms with Gasteiger partial charge in [-0.2, -0.15) is 0 Å². The van der Waals surface area contributed by atoms with Crippen molar-refractivity contribution in [2.45, 2.75) is 32.7 Å². The van der Waals surface area contributed by atoms with E-state index in [9.17, 15) is 9.59 Å². The van der Waals surface area contributed by atoms with Gasteiger partial charge in [-0.15, -0.1) is 11.3 Å². The Kier molecular flexibility index (Phi) is 5.74. The van der Waals surface area contributed by atoms with Crippen molar-refractivity contribution < 1.29 is 14.3 Å². The number of thiophene rings is 1. The van der Waals surface area contributed by atoms with Gasteiger partial charge in [0.2, 0.25) is 0 Å². The molecule has 0 atom stereocenters. The summed E-state index contributed by atoms with van der Waals surface area (Å²) in [7, 11) is 1.35. The highest BCUT2D eigenvalue weighted by atomic mass is 35.5. The molecule has 2 aromatic heterocycles. The molecule has 0 aliphatic rings. The van der Waals surface area contributed by atoms with Crippen LogP contribution in [-0.4, -0.2) is 28.9 Å². The summed E-state index contributed by atoms with van der Waals surface area (Å²) in [5.41, 5.74) is 0.376. The molecule has 0 unspecified atom stereocenters. The van der Waals surface area contributed by atoms with Crippen LogP contribution in [-0.2, 0) is 17.7 Å². The van der Waals surface area contributed by atoms with Gasteiger partial charge in [-0.25, -0.2) is 9.78 Å². The Morgan fingerprint density at radius 2 is 2.27 bits per heavy atom. The van der Waals surface area contributed by atoms with Crippen molar-refractivity contribution in [2.24, 2.45) is 0 Å². The number of aromatic nitrogens is 2. The highest BCUT2D eigenvalue weighted by Crippen LogP contribution is 2.23. The van der Waals surface area contributed by atoms with Gasteiger partial charge in [-0.05, 0) is 18.6 Å². The molecule has 0 radical (unpaired) electrons. The molecule has 0 bridgehead atoms. The minimum Gasteiger partial charge on any atom is -0.465 e. The smallest absolute Gasteiger partial charge is 0.348 e. The monoisotopic (exact) mass is 340 g/mol. The van der Waals surface area contributed by atoms with Crippen molar-refractivity contribution in [1.29, 1.82) is 0 Å².